The lowest BCUT2D eigenvalue weighted by Gasteiger charge is -2.41. The van der Waals surface area contributed by atoms with Gasteiger partial charge in [0.25, 0.3) is 0 Å². The lowest BCUT2D eigenvalue weighted by Crippen LogP contribution is -2.56. The van der Waals surface area contributed by atoms with Crippen LogP contribution >= 0.6 is 12.2 Å². The first kappa shape index (κ1) is 24.6. The highest BCUT2D eigenvalue weighted by atomic mass is 32.1. The van der Waals surface area contributed by atoms with Crippen molar-refractivity contribution in [1.82, 2.24) is 4.57 Å². The fraction of sp³-hybridized carbons (Fsp3) is 0.333. The fourth-order valence-electron chi connectivity index (χ4n) is 5.19. The van der Waals surface area contributed by atoms with Crippen molar-refractivity contribution in [3.05, 3.63) is 69.9 Å². The second kappa shape index (κ2) is 9.41. The van der Waals surface area contributed by atoms with Crippen LogP contribution in [0.3, 0.4) is 0 Å². The molecule has 0 spiro atoms. The Morgan fingerprint density at radius 1 is 1.06 bits per heavy atom. The van der Waals surface area contributed by atoms with Crippen LogP contribution in [-0.2, 0) is 11.2 Å². The van der Waals surface area contributed by atoms with Crippen molar-refractivity contribution in [2.24, 2.45) is 0 Å². The number of hydrogen-bond acceptors (Lipinski definition) is 8. The van der Waals surface area contributed by atoms with Crippen LogP contribution in [0.2, 0.25) is 0 Å². The molecule has 3 aromatic rings. The molecule has 186 valence electrons. The summed E-state index contributed by atoms with van der Waals surface area (Å²) in [6.07, 6.45) is -6.39. The van der Waals surface area contributed by atoms with Crippen LogP contribution in [0.15, 0.2) is 48.5 Å². The molecule has 2 aliphatic rings. The first-order chi connectivity index (χ1) is 17.3. The SMILES string of the molecule is CN(C)c1ccc(-c2c3c(n([C@@H]4O[C@H](CO)[C@@H](O)[C@@H](O)[C@H]4O)c(=S)c2C#N)-c2ccccc2C3)cc1. The van der Waals surface area contributed by atoms with Gasteiger partial charge < -0.3 is 34.6 Å². The van der Waals surface area contributed by atoms with Gasteiger partial charge in [-0.25, -0.2) is 0 Å². The van der Waals surface area contributed by atoms with E-state index in [9.17, 15) is 25.7 Å². The maximum atomic E-state index is 10.9. The highest BCUT2D eigenvalue weighted by molar-refractivity contribution is 7.71. The Hall–Kier alpha value is -3.10. The maximum absolute atomic E-state index is 10.9. The van der Waals surface area contributed by atoms with Crippen molar-refractivity contribution in [2.75, 3.05) is 25.6 Å². The fourth-order valence-corrected chi connectivity index (χ4v) is 5.53. The Kier molecular flexibility index (Phi) is 6.43. The van der Waals surface area contributed by atoms with E-state index in [0.29, 0.717) is 12.1 Å². The lowest BCUT2D eigenvalue weighted by molar-refractivity contribution is -0.251. The van der Waals surface area contributed by atoms with Crippen molar-refractivity contribution >= 4 is 17.9 Å². The van der Waals surface area contributed by atoms with Gasteiger partial charge in [0, 0.05) is 37.3 Å². The molecule has 1 fully saturated rings. The number of nitrogens with zero attached hydrogens (tertiary/aromatic N) is 3. The van der Waals surface area contributed by atoms with Crippen molar-refractivity contribution < 1.29 is 25.2 Å². The van der Waals surface area contributed by atoms with Gasteiger partial charge in [-0.05, 0) is 28.8 Å². The summed E-state index contributed by atoms with van der Waals surface area (Å²) in [5, 5.41) is 51.7. The van der Waals surface area contributed by atoms with E-state index in [4.69, 9.17) is 17.0 Å². The number of anilines is 1. The van der Waals surface area contributed by atoms with E-state index in [-0.39, 0.29) is 10.2 Å². The largest absolute Gasteiger partial charge is 0.394 e. The number of fused-ring (bicyclic) bond motifs is 3. The minimum atomic E-state index is -1.57. The number of aliphatic hydroxyl groups excluding tert-OH is 4. The molecule has 9 heteroatoms. The number of hydrogen-bond donors (Lipinski definition) is 4. The summed E-state index contributed by atoms with van der Waals surface area (Å²) in [7, 11) is 3.91. The molecule has 5 rings (SSSR count). The molecule has 1 aliphatic carbocycles. The number of aromatic nitrogens is 1. The molecule has 0 radical (unpaired) electrons. The number of benzene rings is 2. The summed E-state index contributed by atoms with van der Waals surface area (Å²) >= 11 is 5.83. The Labute approximate surface area is 213 Å². The number of rotatable bonds is 4. The predicted molar refractivity (Wildman–Crippen MR) is 137 cm³/mol. The molecule has 2 aromatic carbocycles. The molecule has 2 heterocycles. The third kappa shape index (κ3) is 3.74. The minimum absolute atomic E-state index is 0.143. The van der Waals surface area contributed by atoms with Crippen LogP contribution < -0.4 is 4.90 Å². The van der Waals surface area contributed by atoms with Gasteiger partial charge in [0.2, 0.25) is 0 Å². The van der Waals surface area contributed by atoms with Gasteiger partial charge in [-0.2, -0.15) is 5.26 Å². The quantitative estimate of drug-likeness (QED) is 0.312. The molecule has 5 atom stereocenters. The molecule has 8 nitrogen and oxygen atoms in total. The van der Waals surface area contributed by atoms with Crippen molar-refractivity contribution in [2.45, 2.75) is 37.1 Å². The number of nitriles is 1. The van der Waals surface area contributed by atoms with Crippen LogP contribution in [0.1, 0.15) is 22.9 Å². The van der Waals surface area contributed by atoms with E-state index in [1.807, 2.05) is 67.5 Å². The Balaban J connectivity index is 1.80. The topological polar surface area (TPSA) is 122 Å². The normalized spacial score (nSPS) is 24.6. The van der Waals surface area contributed by atoms with Gasteiger partial charge in [-0.3, -0.25) is 0 Å². The van der Waals surface area contributed by atoms with Gasteiger partial charge in [-0.15, -0.1) is 0 Å². The molecular weight excluding hydrogens is 478 g/mol. The van der Waals surface area contributed by atoms with Crippen LogP contribution in [0.4, 0.5) is 5.69 Å². The second-order valence-electron chi connectivity index (χ2n) is 9.36. The molecule has 36 heavy (non-hydrogen) atoms. The van der Waals surface area contributed by atoms with Crippen LogP contribution in [-0.4, -0.2) is 70.1 Å². The third-order valence-corrected chi connectivity index (χ3v) is 7.46. The van der Waals surface area contributed by atoms with E-state index in [0.717, 1.165) is 33.5 Å². The summed E-state index contributed by atoms with van der Waals surface area (Å²) in [4.78, 5) is 1.99. The van der Waals surface area contributed by atoms with Gasteiger partial charge in [0.05, 0.1) is 17.9 Å². The Morgan fingerprint density at radius 2 is 1.75 bits per heavy atom. The molecular formula is C27H27N3O5S. The Bertz CT molecular complexity index is 1410. The summed E-state index contributed by atoms with van der Waals surface area (Å²) < 4.78 is 7.60. The van der Waals surface area contributed by atoms with Gasteiger partial charge >= 0.3 is 0 Å². The molecule has 1 saturated heterocycles. The second-order valence-corrected chi connectivity index (χ2v) is 9.75. The van der Waals surface area contributed by atoms with E-state index >= 15 is 0 Å². The van der Waals surface area contributed by atoms with E-state index in [1.165, 1.54) is 0 Å². The zero-order valence-corrected chi connectivity index (χ0v) is 20.7. The smallest absolute Gasteiger partial charge is 0.164 e. The zero-order chi connectivity index (χ0) is 25.7. The van der Waals surface area contributed by atoms with E-state index in [2.05, 4.69) is 6.07 Å². The maximum Gasteiger partial charge on any atom is 0.164 e. The highest BCUT2D eigenvalue weighted by Crippen LogP contribution is 2.46. The van der Waals surface area contributed by atoms with Gasteiger partial charge in [0.15, 0.2) is 6.23 Å². The molecule has 0 unspecified atom stereocenters. The standard InChI is InChI=1S/C27H27N3O5S/c1-29(2)16-9-7-14(8-10-16)21-18-11-15-5-3-4-6-17(15)22(18)30(27(36)19(21)12-28)26-25(34)24(33)23(32)20(13-31)35-26/h3-10,20,23-26,31-34H,11,13H2,1-2H3/t20-,23-,24-,25-,26-/m1/s1. The lowest BCUT2D eigenvalue weighted by atomic mass is 9.93. The Morgan fingerprint density at radius 3 is 2.39 bits per heavy atom. The third-order valence-electron chi connectivity index (χ3n) is 7.06. The predicted octanol–water partition coefficient (Wildman–Crippen LogP) is 2.37. The summed E-state index contributed by atoms with van der Waals surface area (Å²) in [6.45, 7) is -0.561. The van der Waals surface area contributed by atoms with Crippen molar-refractivity contribution in [3.8, 4) is 28.5 Å². The molecule has 4 N–H and O–H groups in total. The first-order valence-corrected chi connectivity index (χ1v) is 12.1. The molecule has 0 bridgehead atoms. The number of aliphatic hydroxyl groups is 4. The van der Waals surface area contributed by atoms with Crippen molar-refractivity contribution in [3.63, 3.8) is 0 Å². The van der Waals surface area contributed by atoms with Crippen molar-refractivity contribution in [1.29, 1.82) is 5.26 Å². The van der Waals surface area contributed by atoms with Crippen LogP contribution in [0, 0.1) is 16.0 Å². The average molecular weight is 506 g/mol. The molecule has 1 aliphatic heterocycles. The van der Waals surface area contributed by atoms with E-state index < -0.39 is 37.3 Å². The van der Waals surface area contributed by atoms with Crippen LogP contribution in [0.25, 0.3) is 22.4 Å². The average Bonchev–Trinajstić information content (AvgIpc) is 3.26. The molecule has 0 amide bonds. The summed E-state index contributed by atoms with van der Waals surface area (Å²) in [5.41, 5.74) is 6.29. The molecule has 1 aromatic heterocycles. The summed E-state index contributed by atoms with van der Waals surface area (Å²) in [5.74, 6) is 0. The summed E-state index contributed by atoms with van der Waals surface area (Å²) in [6, 6.07) is 17.9. The number of ether oxygens (including phenoxy) is 1. The zero-order valence-electron chi connectivity index (χ0n) is 19.9. The monoisotopic (exact) mass is 505 g/mol. The van der Waals surface area contributed by atoms with Gasteiger partial charge in [0.1, 0.15) is 35.1 Å². The van der Waals surface area contributed by atoms with E-state index in [1.54, 1.807) is 4.57 Å². The number of pyridine rings is 1. The van der Waals surface area contributed by atoms with Gasteiger partial charge in [-0.1, -0.05) is 48.6 Å². The first-order valence-electron chi connectivity index (χ1n) is 11.7. The minimum Gasteiger partial charge on any atom is -0.394 e. The van der Waals surface area contributed by atoms with Crippen LogP contribution in [0.5, 0.6) is 0 Å². The molecule has 0 saturated carbocycles. The highest BCUT2D eigenvalue weighted by Gasteiger charge is 2.46.